The molecule has 58 valence electrons. The molecule has 0 nitrogen and oxygen atoms in total. The van der Waals surface area contributed by atoms with Gasteiger partial charge in [0.1, 0.15) is 0 Å². The highest BCUT2D eigenvalue weighted by Crippen LogP contribution is 2.31. The summed E-state index contributed by atoms with van der Waals surface area (Å²) in [5, 5.41) is 0.361. The topological polar surface area (TPSA) is 0 Å². The number of alkyl halides is 1. The number of allylic oxidation sites excluding steroid dienone is 2. The van der Waals surface area contributed by atoms with Crippen molar-refractivity contribution < 1.29 is 0 Å². The van der Waals surface area contributed by atoms with Crippen molar-refractivity contribution in [3.63, 3.8) is 0 Å². The van der Waals surface area contributed by atoms with Crippen LogP contribution in [0.5, 0.6) is 0 Å². The van der Waals surface area contributed by atoms with Crippen molar-refractivity contribution in [2.75, 3.05) is 0 Å². The smallest absolute Gasteiger partial charge is 0.0404 e. The molecule has 0 fully saturated rings. The molecule has 0 radical (unpaired) electrons. The highest BCUT2D eigenvalue weighted by molar-refractivity contribution is 6.21. The van der Waals surface area contributed by atoms with Gasteiger partial charge >= 0.3 is 0 Å². The Morgan fingerprint density at radius 3 is 2.60 bits per heavy atom. The summed E-state index contributed by atoms with van der Waals surface area (Å²) in [6.07, 6.45) is 3.41. The van der Waals surface area contributed by atoms with Crippen LogP contribution in [0.4, 0.5) is 0 Å². The van der Waals surface area contributed by atoms with Gasteiger partial charge in [0.2, 0.25) is 0 Å². The van der Waals surface area contributed by atoms with Crippen LogP contribution in [0.2, 0.25) is 0 Å². The third-order valence-corrected chi connectivity index (χ3v) is 3.02. The maximum Gasteiger partial charge on any atom is 0.0404 e. The van der Waals surface area contributed by atoms with Gasteiger partial charge in [0.25, 0.3) is 0 Å². The molecule has 0 aromatic rings. The van der Waals surface area contributed by atoms with Crippen LogP contribution >= 0.6 is 11.6 Å². The molecule has 0 aromatic heterocycles. The van der Waals surface area contributed by atoms with Crippen molar-refractivity contribution in [1.29, 1.82) is 0 Å². The van der Waals surface area contributed by atoms with E-state index < -0.39 is 0 Å². The van der Waals surface area contributed by atoms with Crippen LogP contribution in [-0.4, -0.2) is 5.38 Å². The molecule has 0 bridgehead atoms. The van der Waals surface area contributed by atoms with E-state index in [-0.39, 0.29) is 0 Å². The van der Waals surface area contributed by atoms with Gasteiger partial charge in [-0.15, -0.1) is 11.6 Å². The van der Waals surface area contributed by atoms with E-state index in [4.69, 9.17) is 11.6 Å². The maximum absolute atomic E-state index is 6.12. The van der Waals surface area contributed by atoms with E-state index in [0.717, 1.165) is 6.42 Å². The van der Waals surface area contributed by atoms with Gasteiger partial charge in [0, 0.05) is 5.38 Å². The van der Waals surface area contributed by atoms with Crippen molar-refractivity contribution in [1.82, 2.24) is 0 Å². The minimum absolute atomic E-state index is 0.361. The molecule has 0 heterocycles. The van der Waals surface area contributed by atoms with E-state index in [1.54, 1.807) is 0 Å². The zero-order valence-electron chi connectivity index (χ0n) is 6.89. The van der Waals surface area contributed by atoms with Gasteiger partial charge < -0.3 is 0 Å². The molecule has 0 saturated heterocycles. The van der Waals surface area contributed by atoms with E-state index in [1.807, 2.05) is 0 Å². The SMILES string of the molecule is CC1=CC(C)C(C)C(Cl)C1. The third kappa shape index (κ3) is 1.54. The van der Waals surface area contributed by atoms with Gasteiger partial charge in [-0.05, 0) is 25.2 Å². The first-order valence-corrected chi connectivity index (χ1v) is 4.36. The Balaban J connectivity index is 2.69. The van der Waals surface area contributed by atoms with E-state index >= 15 is 0 Å². The first kappa shape index (κ1) is 8.13. The quantitative estimate of drug-likeness (QED) is 0.375. The second kappa shape index (κ2) is 2.96. The average Bonchev–Trinajstić information content (AvgIpc) is 1.82. The monoisotopic (exact) mass is 158 g/mol. The number of halogens is 1. The van der Waals surface area contributed by atoms with Crippen LogP contribution < -0.4 is 0 Å². The third-order valence-electron chi connectivity index (χ3n) is 2.46. The lowest BCUT2D eigenvalue weighted by Crippen LogP contribution is -2.22. The lowest BCUT2D eigenvalue weighted by molar-refractivity contribution is 0.411. The van der Waals surface area contributed by atoms with Crippen LogP contribution in [-0.2, 0) is 0 Å². The predicted molar refractivity (Wildman–Crippen MR) is 46.3 cm³/mol. The lowest BCUT2D eigenvalue weighted by atomic mass is 9.83. The molecular weight excluding hydrogens is 144 g/mol. The molecule has 0 saturated carbocycles. The van der Waals surface area contributed by atoms with Gasteiger partial charge in [0.15, 0.2) is 0 Å². The summed E-state index contributed by atoms with van der Waals surface area (Å²) < 4.78 is 0. The summed E-state index contributed by atoms with van der Waals surface area (Å²) in [6, 6.07) is 0. The summed E-state index contributed by atoms with van der Waals surface area (Å²) >= 11 is 6.12. The molecule has 1 rings (SSSR count). The van der Waals surface area contributed by atoms with Crippen molar-refractivity contribution >= 4 is 11.6 Å². The largest absolute Gasteiger partial charge is 0.122 e. The van der Waals surface area contributed by atoms with Crippen LogP contribution in [0.15, 0.2) is 11.6 Å². The Morgan fingerprint density at radius 2 is 2.10 bits per heavy atom. The Morgan fingerprint density at radius 1 is 1.50 bits per heavy atom. The molecule has 0 amide bonds. The molecular formula is C9H15Cl. The Hall–Kier alpha value is 0.0300. The zero-order chi connectivity index (χ0) is 7.72. The zero-order valence-corrected chi connectivity index (χ0v) is 7.65. The lowest BCUT2D eigenvalue weighted by Gasteiger charge is -2.28. The highest BCUT2D eigenvalue weighted by Gasteiger charge is 2.23. The fraction of sp³-hybridized carbons (Fsp3) is 0.778. The van der Waals surface area contributed by atoms with Gasteiger partial charge in [-0.25, -0.2) is 0 Å². The Labute approximate surface area is 68.3 Å². The summed E-state index contributed by atoms with van der Waals surface area (Å²) in [6.45, 7) is 6.63. The first-order valence-electron chi connectivity index (χ1n) is 3.92. The molecule has 0 spiro atoms. The molecule has 1 heteroatoms. The highest BCUT2D eigenvalue weighted by atomic mass is 35.5. The van der Waals surface area contributed by atoms with Gasteiger partial charge in [-0.2, -0.15) is 0 Å². The summed E-state index contributed by atoms with van der Waals surface area (Å²) in [4.78, 5) is 0. The van der Waals surface area contributed by atoms with Crippen LogP contribution in [0, 0.1) is 11.8 Å². The molecule has 0 aliphatic heterocycles. The van der Waals surface area contributed by atoms with Crippen LogP contribution in [0.3, 0.4) is 0 Å². The van der Waals surface area contributed by atoms with E-state index in [1.165, 1.54) is 5.57 Å². The number of rotatable bonds is 0. The standard InChI is InChI=1S/C9H15Cl/c1-6-4-7(2)8(3)9(10)5-6/h4,7-9H,5H2,1-3H3. The van der Waals surface area contributed by atoms with Crippen molar-refractivity contribution in [3.05, 3.63) is 11.6 Å². The normalized spacial score (nSPS) is 41.2. The maximum atomic E-state index is 6.12. The Kier molecular flexibility index (Phi) is 2.40. The fourth-order valence-electron chi connectivity index (χ4n) is 1.49. The second-order valence-corrected chi connectivity index (χ2v) is 4.01. The van der Waals surface area contributed by atoms with Crippen molar-refractivity contribution in [3.8, 4) is 0 Å². The molecule has 0 aromatic carbocycles. The van der Waals surface area contributed by atoms with Gasteiger partial charge in [-0.3, -0.25) is 0 Å². The number of hydrogen-bond acceptors (Lipinski definition) is 0. The van der Waals surface area contributed by atoms with Gasteiger partial charge in [0.05, 0.1) is 0 Å². The predicted octanol–water partition coefficient (Wildman–Crippen LogP) is 3.22. The number of hydrogen-bond donors (Lipinski definition) is 0. The first-order chi connectivity index (χ1) is 4.61. The summed E-state index contributed by atoms with van der Waals surface area (Å²) in [5.74, 6) is 1.31. The van der Waals surface area contributed by atoms with Gasteiger partial charge in [-0.1, -0.05) is 25.5 Å². The second-order valence-electron chi connectivity index (χ2n) is 3.45. The van der Waals surface area contributed by atoms with Crippen LogP contribution in [0.25, 0.3) is 0 Å². The molecule has 1 aliphatic rings. The molecule has 10 heavy (non-hydrogen) atoms. The van der Waals surface area contributed by atoms with Crippen molar-refractivity contribution in [2.45, 2.75) is 32.6 Å². The molecule has 3 atom stereocenters. The van der Waals surface area contributed by atoms with E-state index in [9.17, 15) is 0 Å². The minimum atomic E-state index is 0.361. The Bertz CT molecular complexity index is 149. The molecule has 3 unspecified atom stereocenters. The summed E-state index contributed by atoms with van der Waals surface area (Å²) in [5.41, 5.74) is 1.45. The fourth-order valence-corrected chi connectivity index (χ4v) is 1.96. The van der Waals surface area contributed by atoms with E-state index in [2.05, 4.69) is 26.8 Å². The summed E-state index contributed by atoms with van der Waals surface area (Å²) in [7, 11) is 0. The van der Waals surface area contributed by atoms with Crippen molar-refractivity contribution in [2.24, 2.45) is 11.8 Å². The van der Waals surface area contributed by atoms with E-state index in [0.29, 0.717) is 17.2 Å². The minimum Gasteiger partial charge on any atom is -0.122 e. The van der Waals surface area contributed by atoms with Crippen LogP contribution in [0.1, 0.15) is 27.2 Å². The molecule has 1 aliphatic carbocycles. The molecule has 0 N–H and O–H groups in total. The average molecular weight is 159 g/mol.